The second-order valence-corrected chi connectivity index (χ2v) is 9.95. The van der Waals surface area contributed by atoms with Crippen molar-refractivity contribution in [2.75, 3.05) is 26.2 Å². The van der Waals surface area contributed by atoms with Gasteiger partial charge in [0.25, 0.3) is 0 Å². The van der Waals surface area contributed by atoms with Gasteiger partial charge in [-0.1, -0.05) is 19.8 Å². The molecule has 0 N–H and O–H groups in total. The zero-order chi connectivity index (χ0) is 22.6. The van der Waals surface area contributed by atoms with Crippen LogP contribution in [0.3, 0.4) is 0 Å². The Kier molecular flexibility index (Phi) is 7.06. The minimum absolute atomic E-state index is 0.00853. The molecule has 172 valence electrons. The van der Waals surface area contributed by atoms with E-state index in [4.69, 9.17) is 4.74 Å². The van der Waals surface area contributed by atoms with Crippen molar-refractivity contribution in [1.82, 2.24) is 19.6 Å². The molecule has 2 aliphatic heterocycles. The zero-order valence-corrected chi connectivity index (χ0v) is 19.4. The minimum Gasteiger partial charge on any atom is -0.444 e. The second-order valence-electron chi connectivity index (χ2n) is 9.95. The smallest absolute Gasteiger partial charge is 0.410 e. The van der Waals surface area contributed by atoms with E-state index < -0.39 is 5.60 Å². The number of piperidine rings is 1. The molecule has 0 bridgehead atoms. The van der Waals surface area contributed by atoms with Gasteiger partial charge in [-0.05, 0) is 57.9 Å². The van der Waals surface area contributed by atoms with Crippen LogP contribution in [0.15, 0.2) is 12.3 Å². The number of hydrogen-bond donors (Lipinski definition) is 0. The molecule has 1 spiro atoms. The van der Waals surface area contributed by atoms with E-state index in [-0.39, 0.29) is 23.3 Å². The number of likely N-dealkylation sites (tertiary alicyclic amines) is 2. The Morgan fingerprint density at radius 3 is 2.32 bits per heavy atom. The average Bonchev–Trinajstić information content (AvgIpc) is 3.35. The third-order valence-electron chi connectivity index (χ3n) is 6.26. The van der Waals surface area contributed by atoms with Crippen molar-refractivity contribution in [1.29, 1.82) is 0 Å². The van der Waals surface area contributed by atoms with Crippen molar-refractivity contribution in [3.05, 3.63) is 18.0 Å². The van der Waals surface area contributed by atoms with E-state index in [1.54, 1.807) is 22.1 Å². The lowest BCUT2D eigenvalue weighted by Gasteiger charge is -2.39. The number of unbranched alkanes of at least 4 members (excludes halogenated alkanes) is 2. The molecular weight excluding hydrogens is 396 g/mol. The lowest BCUT2D eigenvalue weighted by molar-refractivity contribution is 0.0252. The van der Waals surface area contributed by atoms with Gasteiger partial charge < -0.3 is 14.5 Å². The number of aromatic nitrogens is 2. The summed E-state index contributed by atoms with van der Waals surface area (Å²) in [5.74, 6) is -0.00853. The number of Topliss-reactive ketones (excluding diaryl/α,β-unsaturated/α-hetero) is 1. The van der Waals surface area contributed by atoms with Crippen LogP contribution in [-0.2, 0) is 4.74 Å². The average molecular weight is 433 g/mol. The van der Waals surface area contributed by atoms with Crippen LogP contribution >= 0.6 is 0 Å². The Labute approximate surface area is 184 Å². The van der Waals surface area contributed by atoms with Gasteiger partial charge in [-0.25, -0.2) is 9.59 Å². The first-order chi connectivity index (χ1) is 14.6. The summed E-state index contributed by atoms with van der Waals surface area (Å²) in [6.45, 7) is 10.4. The fourth-order valence-corrected chi connectivity index (χ4v) is 4.39. The van der Waals surface area contributed by atoms with Crippen molar-refractivity contribution in [3.8, 4) is 0 Å². The molecule has 8 nitrogen and oxygen atoms in total. The van der Waals surface area contributed by atoms with Crippen LogP contribution in [0.5, 0.6) is 0 Å². The fourth-order valence-electron chi connectivity index (χ4n) is 4.39. The number of amides is 2. The van der Waals surface area contributed by atoms with Crippen LogP contribution < -0.4 is 0 Å². The van der Waals surface area contributed by atoms with E-state index in [1.165, 1.54) is 4.68 Å². The van der Waals surface area contributed by atoms with Crippen LogP contribution in [0, 0.1) is 5.41 Å². The van der Waals surface area contributed by atoms with Crippen molar-refractivity contribution >= 4 is 17.9 Å². The highest BCUT2D eigenvalue weighted by molar-refractivity contribution is 5.94. The van der Waals surface area contributed by atoms with E-state index in [9.17, 15) is 14.4 Å². The molecule has 2 aliphatic rings. The number of rotatable bonds is 5. The maximum absolute atomic E-state index is 12.9. The summed E-state index contributed by atoms with van der Waals surface area (Å²) in [5.41, 5.74) is -0.0809. The topological polar surface area (TPSA) is 84.7 Å². The summed E-state index contributed by atoms with van der Waals surface area (Å²) in [7, 11) is 0. The molecule has 2 fully saturated rings. The third-order valence-corrected chi connectivity index (χ3v) is 6.26. The van der Waals surface area contributed by atoms with E-state index in [2.05, 4.69) is 12.0 Å². The summed E-state index contributed by atoms with van der Waals surface area (Å²) in [5, 5.41) is 4.23. The number of nitrogens with zero attached hydrogens (tertiary/aromatic N) is 4. The van der Waals surface area contributed by atoms with E-state index in [0.29, 0.717) is 38.3 Å². The number of carbonyl (C=O) groups is 3. The third kappa shape index (κ3) is 5.86. The van der Waals surface area contributed by atoms with E-state index in [1.807, 2.05) is 20.8 Å². The van der Waals surface area contributed by atoms with E-state index in [0.717, 1.165) is 38.5 Å². The summed E-state index contributed by atoms with van der Waals surface area (Å²) in [4.78, 5) is 41.1. The van der Waals surface area contributed by atoms with Gasteiger partial charge in [0.1, 0.15) is 11.3 Å². The summed E-state index contributed by atoms with van der Waals surface area (Å²) in [6.07, 6.45) is 7.37. The summed E-state index contributed by atoms with van der Waals surface area (Å²) >= 11 is 0. The van der Waals surface area contributed by atoms with Crippen LogP contribution in [0.1, 0.15) is 83.1 Å². The first-order valence-corrected chi connectivity index (χ1v) is 11.5. The van der Waals surface area contributed by atoms with Gasteiger partial charge >= 0.3 is 12.1 Å². The normalized spacial score (nSPS) is 18.5. The standard InChI is InChI=1S/C23H36N4O4/c1-5-6-7-8-19(28)18-9-13-27(24-18)20(29)25-14-10-23(11-15-25)12-16-26(17-23)21(30)31-22(2,3)4/h9,13H,5-8,10-12,14-17H2,1-4H3. The molecule has 1 aromatic heterocycles. The predicted molar refractivity (Wildman–Crippen MR) is 117 cm³/mol. The molecule has 3 heterocycles. The second kappa shape index (κ2) is 9.40. The number of ketones is 1. The molecule has 0 unspecified atom stereocenters. The molecule has 31 heavy (non-hydrogen) atoms. The molecule has 1 aromatic rings. The summed E-state index contributed by atoms with van der Waals surface area (Å²) in [6, 6.07) is 1.44. The molecule has 0 aromatic carbocycles. The van der Waals surface area contributed by atoms with E-state index >= 15 is 0 Å². The molecule has 3 rings (SSSR count). The molecule has 0 radical (unpaired) electrons. The quantitative estimate of drug-likeness (QED) is 0.510. The molecule has 0 aliphatic carbocycles. The van der Waals surface area contributed by atoms with Gasteiger partial charge in [-0.15, -0.1) is 0 Å². The first kappa shape index (κ1) is 23.3. The fraction of sp³-hybridized carbons (Fsp3) is 0.739. The highest BCUT2D eigenvalue weighted by Crippen LogP contribution is 2.40. The zero-order valence-electron chi connectivity index (χ0n) is 19.4. The predicted octanol–water partition coefficient (Wildman–Crippen LogP) is 4.34. The Balaban J connectivity index is 1.51. The first-order valence-electron chi connectivity index (χ1n) is 11.5. The van der Waals surface area contributed by atoms with Gasteiger partial charge in [0.15, 0.2) is 5.78 Å². The maximum Gasteiger partial charge on any atom is 0.410 e. The van der Waals surface area contributed by atoms with Crippen LogP contribution in [0.2, 0.25) is 0 Å². The molecular formula is C23H36N4O4. The SMILES string of the molecule is CCCCCC(=O)c1ccn(C(=O)N2CCC3(CCN(C(=O)OC(C)(C)C)C3)CC2)n1. The Morgan fingerprint density at radius 1 is 1.06 bits per heavy atom. The van der Waals surface area contributed by atoms with Gasteiger partial charge in [0.2, 0.25) is 0 Å². The van der Waals surface area contributed by atoms with Gasteiger partial charge in [0.05, 0.1) is 0 Å². The monoisotopic (exact) mass is 432 g/mol. The van der Waals surface area contributed by atoms with Gasteiger partial charge in [-0.2, -0.15) is 9.78 Å². The Bertz CT molecular complexity index is 803. The number of carbonyl (C=O) groups excluding carboxylic acids is 3. The summed E-state index contributed by atoms with van der Waals surface area (Å²) < 4.78 is 6.79. The van der Waals surface area contributed by atoms with Gasteiger partial charge in [-0.3, -0.25) is 4.79 Å². The largest absolute Gasteiger partial charge is 0.444 e. The van der Waals surface area contributed by atoms with Crippen molar-refractivity contribution in [2.45, 2.75) is 78.2 Å². The van der Waals surface area contributed by atoms with Gasteiger partial charge in [0, 0.05) is 38.8 Å². The molecule has 2 amide bonds. The molecule has 2 saturated heterocycles. The molecule has 0 saturated carbocycles. The van der Waals surface area contributed by atoms with Crippen LogP contribution in [-0.4, -0.2) is 69.3 Å². The lowest BCUT2D eigenvalue weighted by atomic mass is 9.78. The van der Waals surface area contributed by atoms with Crippen LogP contribution in [0.25, 0.3) is 0 Å². The maximum atomic E-state index is 12.9. The molecule has 0 atom stereocenters. The lowest BCUT2D eigenvalue weighted by Crippen LogP contribution is -2.46. The number of ether oxygens (including phenoxy) is 1. The van der Waals surface area contributed by atoms with Crippen molar-refractivity contribution < 1.29 is 19.1 Å². The minimum atomic E-state index is -0.497. The van der Waals surface area contributed by atoms with Crippen molar-refractivity contribution in [3.63, 3.8) is 0 Å². The molecule has 8 heteroatoms. The Hall–Kier alpha value is -2.38. The van der Waals surface area contributed by atoms with Crippen molar-refractivity contribution in [2.24, 2.45) is 5.41 Å². The highest BCUT2D eigenvalue weighted by atomic mass is 16.6. The Morgan fingerprint density at radius 2 is 1.71 bits per heavy atom. The number of hydrogen-bond acceptors (Lipinski definition) is 5. The van der Waals surface area contributed by atoms with Crippen LogP contribution in [0.4, 0.5) is 9.59 Å². The highest BCUT2D eigenvalue weighted by Gasteiger charge is 2.44.